The second-order valence-corrected chi connectivity index (χ2v) is 10.6. The summed E-state index contributed by atoms with van der Waals surface area (Å²) in [5.74, 6) is -1.23. The Bertz CT molecular complexity index is 1270. The molecule has 180 valence electrons. The van der Waals surface area contributed by atoms with E-state index in [1.54, 1.807) is 37.3 Å². The molecule has 0 radical (unpaired) electrons. The number of imide groups is 1. The molecule has 10 heteroatoms. The summed E-state index contributed by atoms with van der Waals surface area (Å²) in [6.45, 7) is 2.13. The standard InChI is InChI=1S/C24H26N2O7S/c1-4-33-20-12-15(10-11-19(20)32-2)18(13-34(3,30)31)26-23(28)16-6-5-7-17(21(16)24(26)29)25-22(27)14-8-9-14/h5-7,10-12,14,18H,4,8-9,13H2,1-3H3,(H,25,27)/t18-/m1/s1. The SMILES string of the molecule is CCOc1cc([C@@H](CS(C)(=O)=O)N2C(=O)c3cccc(NC(=O)C4CC4)c3C2=O)ccc1OC. The molecule has 4 rings (SSSR count). The normalized spacial score (nSPS) is 16.3. The van der Waals surface area contributed by atoms with E-state index in [1.165, 1.54) is 13.2 Å². The van der Waals surface area contributed by atoms with Gasteiger partial charge in [0, 0.05) is 12.2 Å². The number of hydrogen-bond acceptors (Lipinski definition) is 7. The Labute approximate surface area is 198 Å². The van der Waals surface area contributed by atoms with Gasteiger partial charge in [-0.3, -0.25) is 19.3 Å². The van der Waals surface area contributed by atoms with Crippen LogP contribution in [-0.4, -0.2) is 56.8 Å². The maximum atomic E-state index is 13.5. The average molecular weight is 487 g/mol. The van der Waals surface area contributed by atoms with Crippen LogP contribution in [0.25, 0.3) is 0 Å². The zero-order chi connectivity index (χ0) is 24.6. The summed E-state index contributed by atoms with van der Waals surface area (Å²) in [5, 5.41) is 2.75. The molecule has 3 amide bonds. The van der Waals surface area contributed by atoms with Crippen molar-refractivity contribution < 1.29 is 32.3 Å². The van der Waals surface area contributed by atoms with Crippen molar-refractivity contribution in [3.05, 3.63) is 53.1 Å². The minimum atomic E-state index is -3.60. The van der Waals surface area contributed by atoms with Crippen molar-refractivity contribution in [3.63, 3.8) is 0 Å². The molecule has 0 bridgehead atoms. The Morgan fingerprint density at radius 1 is 1.15 bits per heavy atom. The molecule has 1 aliphatic carbocycles. The number of amides is 3. The number of carbonyl (C=O) groups is 3. The van der Waals surface area contributed by atoms with Crippen LogP contribution in [0.5, 0.6) is 11.5 Å². The summed E-state index contributed by atoms with van der Waals surface area (Å²) in [5.41, 5.74) is 0.847. The molecule has 0 unspecified atom stereocenters. The molecule has 1 atom stereocenters. The summed E-state index contributed by atoms with van der Waals surface area (Å²) < 4.78 is 35.6. The van der Waals surface area contributed by atoms with Crippen LogP contribution in [0, 0.1) is 5.92 Å². The maximum Gasteiger partial charge on any atom is 0.264 e. The van der Waals surface area contributed by atoms with Gasteiger partial charge >= 0.3 is 0 Å². The van der Waals surface area contributed by atoms with E-state index in [0.717, 1.165) is 24.0 Å². The number of methoxy groups -OCH3 is 1. The fourth-order valence-corrected chi connectivity index (χ4v) is 4.96. The molecule has 2 aliphatic rings. The van der Waals surface area contributed by atoms with Crippen LogP contribution in [-0.2, 0) is 14.6 Å². The number of sulfone groups is 1. The molecular formula is C24H26N2O7S. The zero-order valence-corrected chi connectivity index (χ0v) is 20.0. The van der Waals surface area contributed by atoms with Gasteiger partial charge in [-0.05, 0) is 49.6 Å². The number of nitrogens with one attached hydrogen (secondary N) is 1. The summed E-state index contributed by atoms with van der Waals surface area (Å²) in [6.07, 6.45) is 2.62. The van der Waals surface area contributed by atoms with E-state index < -0.39 is 33.4 Å². The highest BCUT2D eigenvalue weighted by Gasteiger charge is 2.44. The number of hydrogen-bond donors (Lipinski definition) is 1. The van der Waals surface area contributed by atoms with Crippen LogP contribution in [0.1, 0.15) is 52.1 Å². The molecule has 0 saturated heterocycles. The van der Waals surface area contributed by atoms with Crippen LogP contribution in [0.2, 0.25) is 0 Å². The fourth-order valence-electron chi connectivity index (χ4n) is 4.05. The van der Waals surface area contributed by atoms with Crippen molar-refractivity contribution in [1.29, 1.82) is 0 Å². The maximum absolute atomic E-state index is 13.5. The predicted octanol–water partition coefficient (Wildman–Crippen LogP) is 2.82. The smallest absolute Gasteiger partial charge is 0.264 e. The molecule has 1 N–H and O–H groups in total. The van der Waals surface area contributed by atoms with Gasteiger partial charge in [-0.15, -0.1) is 0 Å². The van der Waals surface area contributed by atoms with Gasteiger partial charge in [0.25, 0.3) is 11.8 Å². The van der Waals surface area contributed by atoms with Gasteiger partial charge in [0.2, 0.25) is 5.91 Å². The fraction of sp³-hybridized carbons (Fsp3) is 0.375. The summed E-state index contributed by atoms with van der Waals surface area (Å²) in [6, 6.07) is 8.35. The Morgan fingerprint density at radius 3 is 2.50 bits per heavy atom. The Hall–Kier alpha value is -3.40. The topological polar surface area (TPSA) is 119 Å². The van der Waals surface area contributed by atoms with Gasteiger partial charge in [0.1, 0.15) is 9.84 Å². The number of benzene rings is 2. The van der Waals surface area contributed by atoms with Crippen LogP contribution in [0.15, 0.2) is 36.4 Å². The third kappa shape index (κ3) is 4.63. The number of fused-ring (bicyclic) bond motifs is 1. The van der Waals surface area contributed by atoms with E-state index >= 15 is 0 Å². The van der Waals surface area contributed by atoms with E-state index in [4.69, 9.17) is 9.47 Å². The molecule has 2 aromatic carbocycles. The molecule has 0 spiro atoms. The van der Waals surface area contributed by atoms with E-state index in [0.29, 0.717) is 23.7 Å². The summed E-state index contributed by atoms with van der Waals surface area (Å²) in [7, 11) is -2.12. The summed E-state index contributed by atoms with van der Waals surface area (Å²) in [4.78, 5) is 40.2. The van der Waals surface area contributed by atoms with Crippen molar-refractivity contribution in [2.75, 3.05) is 31.0 Å². The molecule has 34 heavy (non-hydrogen) atoms. The highest BCUT2D eigenvalue weighted by molar-refractivity contribution is 7.90. The van der Waals surface area contributed by atoms with Crippen LogP contribution in [0.3, 0.4) is 0 Å². The lowest BCUT2D eigenvalue weighted by atomic mass is 10.1. The lowest BCUT2D eigenvalue weighted by Crippen LogP contribution is -2.37. The molecular weight excluding hydrogens is 460 g/mol. The Balaban J connectivity index is 1.76. The highest BCUT2D eigenvalue weighted by Crippen LogP contribution is 2.39. The van der Waals surface area contributed by atoms with Crippen molar-refractivity contribution >= 4 is 33.2 Å². The van der Waals surface area contributed by atoms with Crippen molar-refractivity contribution in [2.45, 2.75) is 25.8 Å². The van der Waals surface area contributed by atoms with Gasteiger partial charge in [0.05, 0.1) is 42.3 Å². The van der Waals surface area contributed by atoms with Gasteiger partial charge < -0.3 is 14.8 Å². The van der Waals surface area contributed by atoms with Gasteiger partial charge in [-0.1, -0.05) is 12.1 Å². The number of rotatable bonds is 9. The third-order valence-corrected chi connectivity index (χ3v) is 6.72. The minimum Gasteiger partial charge on any atom is -0.493 e. The van der Waals surface area contributed by atoms with Gasteiger partial charge in [0.15, 0.2) is 11.5 Å². The first-order chi connectivity index (χ1) is 16.1. The number of carbonyl (C=O) groups excluding carboxylic acids is 3. The zero-order valence-electron chi connectivity index (χ0n) is 19.2. The lowest BCUT2D eigenvalue weighted by molar-refractivity contribution is -0.117. The van der Waals surface area contributed by atoms with Crippen molar-refractivity contribution in [1.82, 2.24) is 4.90 Å². The first-order valence-electron chi connectivity index (χ1n) is 10.9. The largest absolute Gasteiger partial charge is 0.493 e. The second-order valence-electron chi connectivity index (χ2n) is 8.42. The van der Waals surface area contributed by atoms with Crippen LogP contribution >= 0.6 is 0 Å². The first-order valence-corrected chi connectivity index (χ1v) is 13.0. The number of ether oxygens (including phenoxy) is 2. The summed E-state index contributed by atoms with van der Waals surface area (Å²) >= 11 is 0. The monoisotopic (exact) mass is 486 g/mol. The van der Waals surface area contributed by atoms with E-state index in [9.17, 15) is 22.8 Å². The Kier molecular flexibility index (Phi) is 6.35. The van der Waals surface area contributed by atoms with E-state index in [2.05, 4.69) is 5.32 Å². The van der Waals surface area contributed by atoms with Crippen LogP contribution in [0.4, 0.5) is 5.69 Å². The van der Waals surface area contributed by atoms with E-state index in [1.807, 2.05) is 0 Å². The molecule has 1 aliphatic heterocycles. The minimum absolute atomic E-state index is 0.0681. The van der Waals surface area contributed by atoms with Gasteiger partial charge in [-0.2, -0.15) is 0 Å². The molecule has 1 fully saturated rings. The molecule has 2 aromatic rings. The molecule has 1 saturated carbocycles. The number of nitrogens with zero attached hydrogens (tertiary/aromatic N) is 1. The third-order valence-electron chi connectivity index (χ3n) is 5.80. The average Bonchev–Trinajstić information content (AvgIpc) is 3.60. The Morgan fingerprint density at radius 2 is 1.88 bits per heavy atom. The van der Waals surface area contributed by atoms with Crippen molar-refractivity contribution in [3.8, 4) is 11.5 Å². The van der Waals surface area contributed by atoms with E-state index in [-0.39, 0.29) is 28.6 Å². The second kappa shape index (κ2) is 9.09. The molecule has 9 nitrogen and oxygen atoms in total. The quantitative estimate of drug-likeness (QED) is 0.541. The highest BCUT2D eigenvalue weighted by atomic mass is 32.2. The molecule has 0 aromatic heterocycles. The molecule has 1 heterocycles. The lowest BCUT2D eigenvalue weighted by Gasteiger charge is -2.27. The van der Waals surface area contributed by atoms with Gasteiger partial charge in [-0.25, -0.2) is 8.42 Å². The van der Waals surface area contributed by atoms with Crippen LogP contribution < -0.4 is 14.8 Å². The number of anilines is 1. The first kappa shape index (κ1) is 23.7. The van der Waals surface area contributed by atoms with Crippen molar-refractivity contribution in [2.24, 2.45) is 5.92 Å². The predicted molar refractivity (Wildman–Crippen MR) is 125 cm³/mol.